The van der Waals surface area contributed by atoms with Gasteiger partial charge < -0.3 is 10.4 Å². The van der Waals surface area contributed by atoms with Gasteiger partial charge in [-0.15, -0.1) is 11.3 Å². The van der Waals surface area contributed by atoms with Crippen LogP contribution < -0.4 is 10.6 Å². The van der Waals surface area contributed by atoms with E-state index in [-0.39, 0.29) is 18.6 Å². The maximum atomic E-state index is 12.1. The van der Waals surface area contributed by atoms with Crippen LogP contribution in [0, 0.1) is 6.92 Å². The molecule has 23 heavy (non-hydrogen) atoms. The van der Waals surface area contributed by atoms with Gasteiger partial charge in [-0.2, -0.15) is 0 Å². The summed E-state index contributed by atoms with van der Waals surface area (Å²) in [5.74, 6) is -0.474. The number of aryl methyl sites for hydroxylation is 1. The molecule has 1 saturated heterocycles. The van der Waals surface area contributed by atoms with E-state index in [1.54, 1.807) is 0 Å². The molecule has 8 heteroatoms. The van der Waals surface area contributed by atoms with Crippen LogP contribution in [0.4, 0.5) is 9.93 Å². The van der Waals surface area contributed by atoms with Gasteiger partial charge in [0.25, 0.3) is 0 Å². The topological polar surface area (TPSA) is 94.6 Å². The minimum Gasteiger partial charge on any atom is -0.480 e. The predicted molar refractivity (Wildman–Crippen MR) is 90.2 cm³/mol. The van der Waals surface area contributed by atoms with Gasteiger partial charge in [-0.25, -0.2) is 9.78 Å². The maximum absolute atomic E-state index is 12.1. The van der Waals surface area contributed by atoms with E-state index in [0.717, 1.165) is 23.4 Å². The first-order valence-electron chi connectivity index (χ1n) is 7.84. The Morgan fingerprint density at radius 3 is 2.57 bits per heavy atom. The summed E-state index contributed by atoms with van der Waals surface area (Å²) in [5, 5.41) is 15.1. The summed E-state index contributed by atoms with van der Waals surface area (Å²) in [6.45, 7) is 7.60. The molecule has 0 unspecified atom stereocenters. The summed E-state index contributed by atoms with van der Waals surface area (Å²) >= 11 is 1.48. The predicted octanol–water partition coefficient (Wildman–Crippen LogP) is 2.25. The molecule has 0 aromatic carbocycles. The Bertz CT molecular complexity index is 565. The van der Waals surface area contributed by atoms with Gasteiger partial charge in [0, 0.05) is 24.0 Å². The first kappa shape index (κ1) is 17.7. The van der Waals surface area contributed by atoms with Crippen molar-refractivity contribution in [3.63, 3.8) is 0 Å². The van der Waals surface area contributed by atoms with Gasteiger partial charge in [0.1, 0.15) is 0 Å². The van der Waals surface area contributed by atoms with Crippen molar-refractivity contribution < 1.29 is 14.7 Å². The molecule has 1 aromatic heterocycles. The molecule has 1 aromatic rings. The molecular weight excluding hydrogens is 316 g/mol. The number of hydrogen-bond acceptors (Lipinski definition) is 5. The van der Waals surface area contributed by atoms with Crippen molar-refractivity contribution in [1.29, 1.82) is 0 Å². The van der Waals surface area contributed by atoms with E-state index in [2.05, 4.69) is 29.5 Å². The van der Waals surface area contributed by atoms with Crippen LogP contribution in [0.25, 0.3) is 0 Å². The lowest BCUT2D eigenvalue weighted by Gasteiger charge is -2.31. The van der Waals surface area contributed by atoms with Crippen molar-refractivity contribution in [3.05, 3.63) is 10.6 Å². The molecule has 1 aliphatic heterocycles. The number of anilines is 1. The smallest absolute Gasteiger partial charge is 0.321 e. The second-order valence-electron chi connectivity index (χ2n) is 6.16. The van der Waals surface area contributed by atoms with Gasteiger partial charge in [0.05, 0.1) is 12.2 Å². The Morgan fingerprint density at radius 2 is 2.04 bits per heavy atom. The molecule has 2 rings (SSSR count). The fourth-order valence-electron chi connectivity index (χ4n) is 2.74. The third-order valence-electron chi connectivity index (χ3n) is 3.88. The lowest BCUT2D eigenvalue weighted by atomic mass is 10.1. The number of carboxylic acids is 1. The van der Waals surface area contributed by atoms with Gasteiger partial charge in [0.2, 0.25) is 0 Å². The Hall–Kier alpha value is -1.67. The zero-order valence-electron chi connectivity index (χ0n) is 13.8. The average molecular weight is 340 g/mol. The van der Waals surface area contributed by atoms with Crippen LogP contribution in [0.1, 0.15) is 43.2 Å². The van der Waals surface area contributed by atoms with Crippen LogP contribution in [-0.2, 0) is 4.79 Å². The van der Waals surface area contributed by atoms with Crippen molar-refractivity contribution in [3.8, 4) is 0 Å². The lowest BCUT2D eigenvalue weighted by molar-refractivity contribution is -0.138. The number of carbonyl (C=O) groups is 2. The molecule has 0 radical (unpaired) electrons. The fourth-order valence-corrected chi connectivity index (χ4v) is 3.71. The molecule has 2 amide bonds. The first-order valence-corrected chi connectivity index (χ1v) is 8.65. The monoisotopic (exact) mass is 340 g/mol. The van der Waals surface area contributed by atoms with Crippen LogP contribution in [0.3, 0.4) is 0 Å². The van der Waals surface area contributed by atoms with Gasteiger partial charge in [-0.3, -0.25) is 15.0 Å². The summed E-state index contributed by atoms with van der Waals surface area (Å²) in [6, 6.07) is -0.170. The number of rotatable bonds is 5. The van der Waals surface area contributed by atoms with Crippen LogP contribution in [0.5, 0.6) is 0 Å². The summed E-state index contributed by atoms with van der Waals surface area (Å²) < 4.78 is 0. The highest BCUT2D eigenvalue weighted by Gasteiger charge is 2.22. The highest BCUT2D eigenvalue weighted by atomic mass is 32.1. The van der Waals surface area contributed by atoms with Crippen molar-refractivity contribution in [2.75, 3.05) is 25.0 Å². The van der Waals surface area contributed by atoms with Gasteiger partial charge >= 0.3 is 12.0 Å². The van der Waals surface area contributed by atoms with Crippen LogP contribution in [0.2, 0.25) is 0 Å². The van der Waals surface area contributed by atoms with Gasteiger partial charge in [0.15, 0.2) is 5.13 Å². The largest absolute Gasteiger partial charge is 0.480 e. The van der Waals surface area contributed by atoms with E-state index in [4.69, 9.17) is 5.11 Å². The van der Waals surface area contributed by atoms with E-state index >= 15 is 0 Å². The fraction of sp³-hybridized carbons (Fsp3) is 0.667. The summed E-state index contributed by atoms with van der Waals surface area (Å²) in [5.41, 5.74) is 1.02. The highest BCUT2D eigenvalue weighted by molar-refractivity contribution is 7.15. The molecule has 128 valence electrons. The number of hydrogen-bond donors (Lipinski definition) is 3. The minimum absolute atomic E-state index is 0.0648. The van der Waals surface area contributed by atoms with E-state index in [9.17, 15) is 9.59 Å². The van der Waals surface area contributed by atoms with E-state index in [1.807, 2.05) is 11.8 Å². The number of aliphatic carboxylic acids is 1. The zero-order chi connectivity index (χ0) is 17.0. The first-order chi connectivity index (χ1) is 10.8. The number of amides is 2. The van der Waals surface area contributed by atoms with Gasteiger partial charge in [-0.05, 0) is 25.7 Å². The molecular formula is C15H24N4O3S. The molecule has 7 nitrogen and oxygen atoms in total. The third-order valence-corrected chi connectivity index (χ3v) is 4.78. The second-order valence-corrected chi connectivity index (χ2v) is 7.36. The van der Waals surface area contributed by atoms with Crippen LogP contribution >= 0.6 is 11.3 Å². The van der Waals surface area contributed by atoms with Gasteiger partial charge in [-0.1, -0.05) is 13.8 Å². The number of aromatic nitrogens is 1. The Kier molecular flexibility index (Phi) is 5.95. The summed E-state index contributed by atoms with van der Waals surface area (Å²) in [6.07, 6.45) is 1.52. The molecule has 0 spiro atoms. The molecule has 2 heterocycles. The van der Waals surface area contributed by atoms with E-state index < -0.39 is 5.97 Å². The SMILES string of the molecule is Cc1sc(NC(=O)NC2CCN(CC(=O)O)CC2)nc1C(C)C. The zero-order valence-corrected chi connectivity index (χ0v) is 14.6. The number of nitrogens with zero attached hydrogens (tertiary/aromatic N) is 2. The number of thiazole rings is 1. The number of nitrogens with one attached hydrogen (secondary N) is 2. The molecule has 0 aliphatic carbocycles. The number of carbonyl (C=O) groups excluding carboxylic acids is 1. The van der Waals surface area contributed by atoms with E-state index in [1.165, 1.54) is 11.3 Å². The molecule has 0 atom stereocenters. The number of likely N-dealkylation sites (tertiary alicyclic amines) is 1. The third kappa shape index (κ3) is 5.18. The second kappa shape index (κ2) is 7.74. The summed E-state index contributed by atoms with van der Waals surface area (Å²) in [7, 11) is 0. The molecule has 1 aliphatic rings. The van der Waals surface area contributed by atoms with Crippen molar-refractivity contribution in [1.82, 2.24) is 15.2 Å². The average Bonchev–Trinajstić information content (AvgIpc) is 2.81. The molecule has 0 bridgehead atoms. The normalized spacial score (nSPS) is 16.5. The Morgan fingerprint density at radius 1 is 1.39 bits per heavy atom. The van der Waals surface area contributed by atoms with E-state index in [0.29, 0.717) is 24.1 Å². The standard InChI is InChI=1S/C15H24N4O3S/c1-9(2)13-10(3)23-15(17-13)18-14(22)16-11-4-6-19(7-5-11)8-12(20)21/h9,11H,4-8H2,1-3H3,(H,20,21)(H2,16,17,18,22). The van der Waals surface area contributed by atoms with Crippen LogP contribution in [0.15, 0.2) is 0 Å². The lowest BCUT2D eigenvalue weighted by Crippen LogP contribution is -2.47. The number of carboxylic acid groups (broad SMARTS) is 1. The molecule has 0 saturated carbocycles. The molecule has 1 fully saturated rings. The number of urea groups is 1. The quantitative estimate of drug-likeness (QED) is 0.764. The van der Waals surface area contributed by atoms with Crippen LogP contribution in [-0.4, -0.2) is 52.7 Å². The summed E-state index contributed by atoms with van der Waals surface area (Å²) in [4.78, 5) is 30.2. The number of piperidine rings is 1. The Labute approximate surface area is 140 Å². The van der Waals surface area contributed by atoms with Crippen molar-refractivity contribution in [2.24, 2.45) is 0 Å². The highest BCUT2D eigenvalue weighted by Crippen LogP contribution is 2.27. The van der Waals surface area contributed by atoms with Crippen molar-refractivity contribution in [2.45, 2.75) is 45.6 Å². The van der Waals surface area contributed by atoms with Crippen molar-refractivity contribution >= 4 is 28.5 Å². The Balaban J connectivity index is 1.79. The maximum Gasteiger partial charge on any atom is 0.321 e. The molecule has 3 N–H and O–H groups in total. The minimum atomic E-state index is -0.811.